The lowest BCUT2D eigenvalue weighted by Crippen LogP contribution is -2.04. The van der Waals surface area contributed by atoms with Crippen LogP contribution in [0.5, 0.6) is 11.5 Å². The molecule has 0 atom stereocenters. The Morgan fingerprint density at radius 3 is 2.68 bits per heavy atom. The first kappa shape index (κ1) is 14.6. The molecule has 0 aliphatic carbocycles. The molecule has 0 fully saturated rings. The second-order valence-corrected chi connectivity index (χ2v) is 5.60. The molecule has 2 aromatic heterocycles. The molecule has 22 heavy (non-hydrogen) atoms. The van der Waals surface area contributed by atoms with Crippen molar-refractivity contribution < 1.29 is 9.47 Å². The van der Waals surface area contributed by atoms with Crippen molar-refractivity contribution in [2.45, 2.75) is 6.54 Å². The summed E-state index contributed by atoms with van der Waals surface area (Å²) in [5.74, 6) is 1.48. The van der Waals surface area contributed by atoms with Crippen molar-refractivity contribution >= 4 is 11.3 Å². The fourth-order valence-corrected chi connectivity index (χ4v) is 3.00. The molecule has 0 saturated heterocycles. The average Bonchev–Trinajstić information content (AvgIpc) is 3.22. The van der Waals surface area contributed by atoms with Gasteiger partial charge in [0, 0.05) is 12.6 Å². The summed E-state index contributed by atoms with van der Waals surface area (Å²) < 4.78 is 12.6. The smallest absolute Gasteiger partial charge is 0.144 e. The van der Waals surface area contributed by atoms with E-state index in [-0.39, 0.29) is 0 Å². The molecular weight excluding hydrogens is 298 g/mol. The van der Waals surface area contributed by atoms with Gasteiger partial charge in [-0.15, -0.1) is 11.3 Å². The summed E-state index contributed by atoms with van der Waals surface area (Å²) in [4.78, 5) is 1.12. The minimum atomic E-state index is 0.387. The predicted octanol–water partition coefficient (Wildman–Crippen LogP) is 3.08. The van der Waals surface area contributed by atoms with Gasteiger partial charge in [-0.3, -0.25) is 0 Å². The van der Waals surface area contributed by atoms with Gasteiger partial charge in [0.1, 0.15) is 17.2 Å². The van der Waals surface area contributed by atoms with Crippen LogP contribution in [0.2, 0.25) is 0 Å². The maximum atomic E-state index is 5.76. The number of hydrogen-bond acceptors (Lipinski definition) is 5. The average molecular weight is 315 g/mol. The van der Waals surface area contributed by atoms with Gasteiger partial charge in [0.15, 0.2) is 0 Å². The highest BCUT2D eigenvalue weighted by Crippen LogP contribution is 2.33. The molecule has 6 heteroatoms. The minimum absolute atomic E-state index is 0.387. The van der Waals surface area contributed by atoms with Crippen LogP contribution in [0.3, 0.4) is 0 Å². The van der Waals surface area contributed by atoms with Crippen LogP contribution >= 0.6 is 11.3 Å². The molecule has 0 radical (unpaired) electrons. The Hall–Kier alpha value is -2.31. The van der Waals surface area contributed by atoms with Gasteiger partial charge in [-0.25, -0.2) is 4.68 Å². The van der Waals surface area contributed by atoms with E-state index < -0.39 is 0 Å². The Kier molecular flexibility index (Phi) is 4.13. The van der Waals surface area contributed by atoms with Crippen molar-refractivity contribution in [1.29, 1.82) is 0 Å². The Labute approximate surface area is 132 Å². The van der Waals surface area contributed by atoms with Crippen LogP contribution in [-0.2, 0) is 6.54 Å². The topological polar surface area (TPSA) is 62.3 Å². The van der Waals surface area contributed by atoms with E-state index >= 15 is 0 Å². The highest BCUT2D eigenvalue weighted by atomic mass is 32.1. The van der Waals surface area contributed by atoms with Crippen molar-refractivity contribution in [3.63, 3.8) is 0 Å². The zero-order chi connectivity index (χ0) is 15.5. The molecule has 2 heterocycles. The molecule has 0 saturated carbocycles. The molecule has 2 N–H and O–H groups in total. The Bertz CT molecular complexity index is 766. The Morgan fingerprint density at radius 2 is 2.05 bits per heavy atom. The van der Waals surface area contributed by atoms with Gasteiger partial charge >= 0.3 is 0 Å². The van der Waals surface area contributed by atoms with Gasteiger partial charge in [0.2, 0.25) is 0 Å². The van der Waals surface area contributed by atoms with Gasteiger partial charge in [-0.1, -0.05) is 6.07 Å². The van der Waals surface area contributed by atoms with Crippen LogP contribution in [0.1, 0.15) is 5.69 Å². The number of methoxy groups -OCH3 is 2. The van der Waals surface area contributed by atoms with Crippen molar-refractivity contribution in [2.24, 2.45) is 5.73 Å². The highest BCUT2D eigenvalue weighted by Gasteiger charge is 2.16. The third kappa shape index (κ3) is 2.58. The molecule has 114 valence electrons. The fraction of sp³-hybridized carbons (Fsp3) is 0.188. The molecule has 0 aliphatic heterocycles. The van der Waals surface area contributed by atoms with Crippen LogP contribution in [0, 0.1) is 0 Å². The molecule has 1 aromatic carbocycles. The van der Waals surface area contributed by atoms with E-state index in [1.807, 2.05) is 40.4 Å². The lowest BCUT2D eigenvalue weighted by Gasteiger charge is -2.12. The third-order valence-electron chi connectivity index (χ3n) is 3.36. The van der Waals surface area contributed by atoms with Crippen molar-refractivity contribution in [2.75, 3.05) is 14.2 Å². The normalized spacial score (nSPS) is 10.7. The number of hydrogen-bond donors (Lipinski definition) is 1. The summed E-state index contributed by atoms with van der Waals surface area (Å²) in [6, 6.07) is 11.7. The number of ether oxygens (including phenoxy) is 2. The minimum Gasteiger partial charge on any atom is -0.497 e. The number of rotatable bonds is 5. The quantitative estimate of drug-likeness (QED) is 0.786. The van der Waals surface area contributed by atoms with Crippen molar-refractivity contribution in [3.8, 4) is 27.8 Å². The zero-order valence-corrected chi connectivity index (χ0v) is 13.3. The zero-order valence-electron chi connectivity index (χ0n) is 12.4. The SMILES string of the molecule is COc1ccc(OC)c(-n2nc(CN)cc2-c2cccs2)c1. The lowest BCUT2D eigenvalue weighted by atomic mass is 10.2. The van der Waals surface area contributed by atoms with Crippen LogP contribution in [0.15, 0.2) is 41.8 Å². The predicted molar refractivity (Wildman–Crippen MR) is 87.9 cm³/mol. The van der Waals surface area contributed by atoms with Gasteiger partial charge < -0.3 is 15.2 Å². The van der Waals surface area contributed by atoms with Crippen LogP contribution in [-0.4, -0.2) is 24.0 Å². The lowest BCUT2D eigenvalue weighted by molar-refractivity contribution is 0.400. The maximum Gasteiger partial charge on any atom is 0.144 e. The molecule has 0 aliphatic rings. The molecule has 0 amide bonds. The van der Waals surface area contributed by atoms with Crippen LogP contribution < -0.4 is 15.2 Å². The first-order valence-corrected chi connectivity index (χ1v) is 7.70. The number of thiophene rings is 1. The monoisotopic (exact) mass is 315 g/mol. The van der Waals surface area contributed by atoms with Gasteiger partial charge in [-0.05, 0) is 29.6 Å². The summed E-state index contributed by atoms with van der Waals surface area (Å²) in [7, 11) is 3.28. The largest absolute Gasteiger partial charge is 0.497 e. The summed E-state index contributed by atoms with van der Waals surface area (Å²) >= 11 is 1.66. The van der Waals surface area contributed by atoms with Crippen molar-refractivity contribution in [1.82, 2.24) is 9.78 Å². The first-order valence-electron chi connectivity index (χ1n) is 6.82. The van der Waals surface area contributed by atoms with E-state index in [2.05, 4.69) is 11.2 Å². The van der Waals surface area contributed by atoms with Crippen LogP contribution in [0.4, 0.5) is 0 Å². The van der Waals surface area contributed by atoms with E-state index in [4.69, 9.17) is 15.2 Å². The summed E-state index contributed by atoms with van der Waals surface area (Å²) in [6.07, 6.45) is 0. The molecule has 0 unspecified atom stereocenters. The molecular formula is C16H17N3O2S. The highest BCUT2D eigenvalue weighted by molar-refractivity contribution is 7.13. The van der Waals surface area contributed by atoms with E-state index in [0.29, 0.717) is 6.54 Å². The Morgan fingerprint density at radius 1 is 1.18 bits per heavy atom. The fourth-order valence-electron chi connectivity index (χ4n) is 2.28. The number of nitrogens with zero attached hydrogens (tertiary/aromatic N) is 2. The van der Waals surface area contributed by atoms with E-state index in [1.54, 1.807) is 25.6 Å². The van der Waals surface area contributed by atoms with Gasteiger partial charge in [0.05, 0.1) is 30.5 Å². The molecule has 0 bridgehead atoms. The summed E-state index contributed by atoms with van der Waals surface area (Å²) in [6.45, 7) is 0.387. The molecule has 3 rings (SSSR count). The molecule has 3 aromatic rings. The maximum absolute atomic E-state index is 5.76. The number of aromatic nitrogens is 2. The second-order valence-electron chi connectivity index (χ2n) is 4.65. The third-order valence-corrected chi connectivity index (χ3v) is 4.25. The van der Waals surface area contributed by atoms with E-state index in [0.717, 1.165) is 33.5 Å². The standard InChI is InChI=1S/C16H17N3O2S/c1-20-12-5-6-15(21-2)13(9-12)19-14(8-11(10-17)18-19)16-4-3-7-22-16/h3-9H,10,17H2,1-2H3. The number of benzene rings is 1. The van der Waals surface area contributed by atoms with Gasteiger partial charge in [0.25, 0.3) is 0 Å². The number of nitrogens with two attached hydrogens (primary N) is 1. The second kappa shape index (κ2) is 6.21. The van der Waals surface area contributed by atoms with E-state index in [1.165, 1.54) is 0 Å². The first-order chi connectivity index (χ1) is 10.8. The van der Waals surface area contributed by atoms with Crippen LogP contribution in [0.25, 0.3) is 16.3 Å². The Balaban J connectivity index is 2.21. The molecule has 0 spiro atoms. The molecule has 5 nitrogen and oxygen atoms in total. The summed E-state index contributed by atoms with van der Waals surface area (Å²) in [5.41, 5.74) is 8.40. The van der Waals surface area contributed by atoms with E-state index in [9.17, 15) is 0 Å². The van der Waals surface area contributed by atoms with Gasteiger partial charge in [-0.2, -0.15) is 5.10 Å². The van der Waals surface area contributed by atoms with Crippen molar-refractivity contribution in [3.05, 3.63) is 47.5 Å². The summed E-state index contributed by atoms with van der Waals surface area (Å²) in [5, 5.41) is 6.64.